The summed E-state index contributed by atoms with van der Waals surface area (Å²) in [4.78, 5) is 1.43. The Bertz CT molecular complexity index is 1120. The summed E-state index contributed by atoms with van der Waals surface area (Å²) >= 11 is 1.87. The van der Waals surface area contributed by atoms with Crippen LogP contribution in [0.5, 0.6) is 0 Å². The highest BCUT2D eigenvalue weighted by Gasteiger charge is 2.51. The van der Waals surface area contributed by atoms with E-state index in [2.05, 4.69) is 85.1 Å². The highest BCUT2D eigenvalue weighted by atomic mass is 32.1. The van der Waals surface area contributed by atoms with Crippen molar-refractivity contribution in [3.8, 4) is 21.6 Å². The highest BCUT2D eigenvalue weighted by Crippen LogP contribution is 2.63. The fourth-order valence-corrected chi connectivity index (χ4v) is 5.93. The van der Waals surface area contributed by atoms with Gasteiger partial charge in [0.05, 0.1) is 5.41 Å². The van der Waals surface area contributed by atoms with E-state index in [0.717, 1.165) is 0 Å². The standard InChI is InChI=1S/C24H16S/c1-15-10-11-18-22(14-15)24(21-12-13-25-23(18)21)19-8-4-2-6-16(19)17-7-3-5-9-20(17)24/h2-14H,1H3. The molecular weight excluding hydrogens is 320 g/mol. The van der Waals surface area contributed by atoms with Crippen LogP contribution in [0.25, 0.3) is 21.6 Å². The van der Waals surface area contributed by atoms with E-state index in [-0.39, 0.29) is 5.41 Å². The van der Waals surface area contributed by atoms with Crippen molar-refractivity contribution in [2.24, 2.45) is 0 Å². The lowest BCUT2D eigenvalue weighted by atomic mass is 9.71. The summed E-state index contributed by atoms with van der Waals surface area (Å²) in [6, 6.07) is 27.2. The summed E-state index contributed by atoms with van der Waals surface area (Å²) in [7, 11) is 0. The first-order chi connectivity index (χ1) is 12.3. The van der Waals surface area contributed by atoms with Gasteiger partial charge in [-0.25, -0.2) is 0 Å². The van der Waals surface area contributed by atoms with Gasteiger partial charge in [-0.2, -0.15) is 0 Å². The minimum Gasteiger partial charge on any atom is -0.143 e. The molecule has 25 heavy (non-hydrogen) atoms. The molecule has 1 spiro atoms. The molecule has 0 fully saturated rings. The summed E-state index contributed by atoms with van der Waals surface area (Å²) in [5.74, 6) is 0. The minimum absolute atomic E-state index is 0.149. The Kier molecular flexibility index (Phi) is 2.45. The molecule has 0 bridgehead atoms. The molecule has 0 unspecified atom stereocenters. The number of aryl methyl sites for hydroxylation is 1. The average molecular weight is 336 g/mol. The number of hydrogen-bond donors (Lipinski definition) is 0. The lowest BCUT2D eigenvalue weighted by Crippen LogP contribution is -2.25. The van der Waals surface area contributed by atoms with Gasteiger partial charge in [0.2, 0.25) is 0 Å². The summed E-state index contributed by atoms with van der Waals surface area (Å²) in [5.41, 5.74) is 11.1. The normalized spacial score (nSPS) is 14.9. The molecule has 6 rings (SSSR count). The van der Waals surface area contributed by atoms with Crippen LogP contribution in [0.1, 0.15) is 27.8 Å². The van der Waals surface area contributed by atoms with Crippen LogP contribution in [0.15, 0.2) is 78.2 Å². The van der Waals surface area contributed by atoms with Gasteiger partial charge in [0.1, 0.15) is 0 Å². The average Bonchev–Trinajstić information content (AvgIpc) is 3.29. The van der Waals surface area contributed by atoms with Gasteiger partial charge in [-0.3, -0.25) is 0 Å². The molecule has 0 atom stereocenters. The molecule has 118 valence electrons. The summed E-state index contributed by atoms with van der Waals surface area (Å²) in [6.45, 7) is 2.20. The molecule has 0 N–H and O–H groups in total. The first kappa shape index (κ1) is 13.6. The fourth-order valence-electron chi connectivity index (χ4n) is 4.94. The molecular formula is C24H16S. The smallest absolute Gasteiger partial charge is 0.0734 e. The van der Waals surface area contributed by atoms with Crippen molar-refractivity contribution in [3.63, 3.8) is 0 Å². The van der Waals surface area contributed by atoms with Gasteiger partial charge in [-0.15, -0.1) is 11.3 Å². The third-order valence-electron chi connectivity index (χ3n) is 5.85. The van der Waals surface area contributed by atoms with Gasteiger partial charge in [0.15, 0.2) is 0 Å². The molecule has 1 heteroatoms. The zero-order valence-electron chi connectivity index (χ0n) is 13.9. The third kappa shape index (κ3) is 1.45. The summed E-state index contributed by atoms with van der Waals surface area (Å²) in [6.07, 6.45) is 0. The van der Waals surface area contributed by atoms with E-state index >= 15 is 0 Å². The zero-order chi connectivity index (χ0) is 16.6. The molecule has 0 radical (unpaired) electrons. The molecule has 0 nitrogen and oxygen atoms in total. The monoisotopic (exact) mass is 336 g/mol. The van der Waals surface area contributed by atoms with Crippen molar-refractivity contribution in [1.29, 1.82) is 0 Å². The van der Waals surface area contributed by atoms with Gasteiger partial charge in [0.25, 0.3) is 0 Å². The molecule has 4 aromatic rings. The summed E-state index contributed by atoms with van der Waals surface area (Å²) in [5, 5.41) is 2.25. The van der Waals surface area contributed by atoms with Crippen LogP contribution in [0.2, 0.25) is 0 Å². The van der Waals surface area contributed by atoms with E-state index in [1.165, 1.54) is 49.4 Å². The maximum atomic E-state index is 2.40. The van der Waals surface area contributed by atoms with Gasteiger partial charge in [-0.05, 0) is 57.3 Å². The highest BCUT2D eigenvalue weighted by molar-refractivity contribution is 7.14. The quantitative estimate of drug-likeness (QED) is 0.301. The van der Waals surface area contributed by atoms with E-state index in [1.807, 2.05) is 11.3 Å². The second-order valence-corrected chi connectivity index (χ2v) is 7.97. The van der Waals surface area contributed by atoms with Gasteiger partial charge < -0.3 is 0 Å². The summed E-state index contributed by atoms with van der Waals surface area (Å²) < 4.78 is 0. The minimum atomic E-state index is -0.149. The van der Waals surface area contributed by atoms with E-state index in [9.17, 15) is 0 Å². The van der Waals surface area contributed by atoms with E-state index < -0.39 is 0 Å². The van der Waals surface area contributed by atoms with E-state index in [0.29, 0.717) is 0 Å². The lowest BCUT2D eigenvalue weighted by molar-refractivity contribution is 0.794. The molecule has 2 aliphatic rings. The number of fused-ring (bicyclic) bond motifs is 10. The molecule has 0 saturated heterocycles. The first-order valence-corrected chi connectivity index (χ1v) is 9.58. The Morgan fingerprint density at radius 1 is 0.640 bits per heavy atom. The third-order valence-corrected chi connectivity index (χ3v) is 6.79. The maximum Gasteiger partial charge on any atom is 0.0734 e. The fraction of sp³-hybridized carbons (Fsp3) is 0.0833. The molecule has 2 aliphatic carbocycles. The van der Waals surface area contributed by atoms with Crippen LogP contribution < -0.4 is 0 Å². The van der Waals surface area contributed by atoms with Crippen LogP contribution in [0.4, 0.5) is 0 Å². The second kappa shape index (κ2) is 4.50. The van der Waals surface area contributed by atoms with Gasteiger partial charge >= 0.3 is 0 Å². The Morgan fingerprint density at radius 3 is 2.04 bits per heavy atom. The Labute approximate surface area is 151 Å². The van der Waals surface area contributed by atoms with Crippen LogP contribution in [-0.2, 0) is 5.41 Å². The van der Waals surface area contributed by atoms with Gasteiger partial charge in [-0.1, -0.05) is 72.3 Å². The molecule has 1 aromatic heterocycles. The SMILES string of the molecule is Cc1ccc2c(c1)C1(c3ccccc3-c3ccccc31)c1ccsc1-2. The zero-order valence-corrected chi connectivity index (χ0v) is 14.7. The number of thiophene rings is 1. The second-order valence-electron chi connectivity index (χ2n) is 7.05. The number of hydrogen-bond acceptors (Lipinski definition) is 1. The lowest BCUT2D eigenvalue weighted by Gasteiger charge is -2.29. The van der Waals surface area contributed by atoms with E-state index in [4.69, 9.17) is 0 Å². The van der Waals surface area contributed by atoms with Crippen LogP contribution in [-0.4, -0.2) is 0 Å². The number of benzene rings is 3. The largest absolute Gasteiger partial charge is 0.143 e. The molecule has 3 aromatic carbocycles. The Hall–Kier alpha value is -2.64. The van der Waals surface area contributed by atoms with Crippen molar-refractivity contribution in [2.45, 2.75) is 12.3 Å². The van der Waals surface area contributed by atoms with Crippen LogP contribution in [0, 0.1) is 6.92 Å². The maximum absolute atomic E-state index is 2.40. The van der Waals surface area contributed by atoms with Crippen molar-refractivity contribution in [1.82, 2.24) is 0 Å². The molecule has 0 saturated carbocycles. The Morgan fingerprint density at radius 2 is 1.32 bits per heavy atom. The molecule has 1 heterocycles. The predicted molar refractivity (Wildman–Crippen MR) is 105 cm³/mol. The van der Waals surface area contributed by atoms with Crippen molar-refractivity contribution < 1.29 is 0 Å². The van der Waals surface area contributed by atoms with E-state index in [1.54, 1.807) is 0 Å². The molecule has 0 amide bonds. The van der Waals surface area contributed by atoms with Crippen molar-refractivity contribution >= 4 is 11.3 Å². The van der Waals surface area contributed by atoms with Crippen LogP contribution >= 0.6 is 11.3 Å². The number of rotatable bonds is 0. The van der Waals surface area contributed by atoms with Gasteiger partial charge in [0, 0.05) is 4.88 Å². The Balaban J connectivity index is 1.88. The molecule has 0 aliphatic heterocycles. The first-order valence-electron chi connectivity index (χ1n) is 8.70. The van der Waals surface area contributed by atoms with Crippen molar-refractivity contribution in [3.05, 3.63) is 106 Å². The predicted octanol–water partition coefficient (Wildman–Crippen LogP) is 6.40. The van der Waals surface area contributed by atoms with Crippen molar-refractivity contribution in [2.75, 3.05) is 0 Å². The van der Waals surface area contributed by atoms with Crippen LogP contribution in [0.3, 0.4) is 0 Å². The topological polar surface area (TPSA) is 0 Å².